The molecule has 3 heterocycles. The van der Waals surface area contributed by atoms with E-state index in [0.29, 0.717) is 10.8 Å². The first kappa shape index (κ1) is 18.1. The average molecular weight is 402 g/mol. The summed E-state index contributed by atoms with van der Waals surface area (Å²) >= 11 is 7.64. The summed E-state index contributed by atoms with van der Waals surface area (Å²) in [4.78, 5) is 19.4. The molecule has 2 aromatic heterocycles. The number of thiazole rings is 1. The Labute approximate surface area is 167 Å². The molecular formula is C20H20ClN3O2S. The van der Waals surface area contributed by atoms with Gasteiger partial charge >= 0.3 is 0 Å². The maximum Gasteiger partial charge on any atom is 0.230 e. The van der Waals surface area contributed by atoms with Gasteiger partial charge in [-0.3, -0.25) is 4.79 Å². The van der Waals surface area contributed by atoms with Crippen molar-refractivity contribution in [2.75, 3.05) is 23.3 Å². The summed E-state index contributed by atoms with van der Waals surface area (Å²) < 4.78 is 5.36. The highest BCUT2D eigenvalue weighted by Crippen LogP contribution is 2.31. The van der Waals surface area contributed by atoms with Crippen molar-refractivity contribution < 1.29 is 9.21 Å². The number of aromatic nitrogens is 1. The van der Waals surface area contributed by atoms with Gasteiger partial charge in [-0.1, -0.05) is 11.6 Å². The number of nitrogens with one attached hydrogen (secondary N) is 1. The zero-order valence-electron chi connectivity index (χ0n) is 14.8. The van der Waals surface area contributed by atoms with Gasteiger partial charge in [-0.15, -0.1) is 11.3 Å². The number of amides is 1. The zero-order valence-corrected chi connectivity index (χ0v) is 16.4. The fourth-order valence-electron chi connectivity index (χ4n) is 3.28. The molecule has 27 heavy (non-hydrogen) atoms. The van der Waals surface area contributed by atoms with Crippen LogP contribution in [0.1, 0.15) is 25.0 Å². The summed E-state index contributed by atoms with van der Waals surface area (Å²) in [5, 5.41) is 6.30. The summed E-state index contributed by atoms with van der Waals surface area (Å²) in [5.41, 5.74) is 2.52. The number of hydrogen-bond acceptors (Lipinski definition) is 5. The minimum Gasteiger partial charge on any atom is -0.462 e. The number of halogens is 1. The smallest absolute Gasteiger partial charge is 0.230 e. The molecule has 1 N–H and O–H groups in total. The largest absolute Gasteiger partial charge is 0.462 e. The van der Waals surface area contributed by atoms with Crippen LogP contribution in [0.5, 0.6) is 0 Å². The highest BCUT2D eigenvalue weighted by atomic mass is 35.5. The third-order valence-electron chi connectivity index (χ3n) is 4.55. The molecule has 4 rings (SSSR count). The van der Waals surface area contributed by atoms with Crippen LogP contribution in [0.15, 0.2) is 46.4 Å². The standard InChI is InChI=1S/C20H20ClN3O2S/c21-14-6-7-17(24-8-2-1-3-9-24)16(11-14)23-19(25)12-15-13-27-20(22-15)18-5-4-10-26-18/h4-7,10-11,13H,1-3,8-9,12H2,(H,23,25). The maximum atomic E-state index is 12.6. The Morgan fingerprint density at radius 1 is 1.26 bits per heavy atom. The van der Waals surface area contributed by atoms with Gasteiger partial charge in [-0.05, 0) is 49.6 Å². The van der Waals surface area contributed by atoms with E-state index < -0.39 is 0 Å². The Hall–Kier alpha value is -2.31. The number of benzene rings is 1. The van der Waals surface area contributed by atoms with Crippen LogP contribution in [-0.4, -0.2) is 24.0 Å². The van der Waals surface area contributed by atoms with Crippen molar-refractivity contribution in [1.29, 1.82) is 0 Å². The lowest BCUT2D eigenvalue weighted by Crippen LogP contribution is -2.30. The van der Waals surface area contributed by atoms with Crippen molar-refractivity contribution in [1.82, 2.24) is 4.98 Å². The molecule has 7 heteroatoms. The highest BCUT2D eigenvalue weighted by Gasteiger charge is 2.17. The van der Waals surface area contributed by atoms with E-state index >= 15 is 0 Å². The SMILES string of the molecule is O=C(Cc1csc(-c2ccco2)n1)Nc1cc(Cl)ccc1N1CCCCC1. The van der Waals surface area contributed by atoms with Crippen LogP contribution in [-0.2, 0) is 11.2 Å². The van der Waals surface area contributed by atoms with Crippen LogP contribution in [0.3, 0.4) is 0 Å². The quantitative estimate of drug-likeness (QED) is 0.636. The second kappa shape index (κ2) is 8.15. The van der Waals surface area contributed by atoms with Crippen LogP contribution < -0.4 is 10.2 Å². The second-order valence-electron chi connectivity index (χ2n) is 6.56. The number of furan rings is 1. The van der Waals surface area contributed by atoms with Gasteiger partial charge in [-0.2, -0.15) is 0 Å². The van der Waals surface area contributed by atoms with Crippen LogP contribution in [0.4, 0.5) is 11.4 Å². The van der Waals surface area contributed by atoms with Gasteiger partial charge < -0.3 is 14.6 Å². The summed E-state index contributed by atoms with van der Waals surface area (Å²) in [6, 6.07) is 9.36. The van der Waals surface area contributed by atoms with Crippen LogP contribution >= 0.6 is 22.9 Å². The van der Waals surface area contributed by atoms with E-state index in [4.69, 9.17) is 16.0 Å². The van der Waals surface area contributed by atoms with E-state index in [1.807, 2.05) is 35.7 Å². The number of piperidine rings is 1. The van der Waals surface area contributed by atoms with Gasteiger partial charge in [0.15, 0.2) is 10.8 Å². The van der Waals surface area contributed by atoms with Crippen molar-refractivity contribution in [2.45, 2.75) is 25.7 Å². The van der Waals surface area contributed by atoms with Gasteiger partial charge in [0, 0.05) is 23.5 Å². The van der Waals surface area contributed by atoms with E-state index in [1.165, 1.54) is 30.6 Å². The van der Waals surface area contributed by atoms with E-state index in [-0.39, 0.29) is 12.3 Å². The molecule has 3 aromatic rings. The molecule has 0 atom stereocenters. The van der Waals surface area contributed by atoms with E-state index in [9.17, 15) is 4.79 Å². The summed E-state index contributed by atoms with van der Waals surface area (Å²) in [5.74, 6) is 0.612. The van der Waals surface area contributed by atoms with Crippen LogP contribution in [0.2, 0.25) is 5.02 Å². The fraction of sp³-hybridized carbons (Fsp3) is 0.300. The van der Waals surface area contributed by atoms with Crippen molar-refractivity contribution in [2.24, 2.45) is 0 Å². The topological polar surface area (TPSA) is 58.4 Å². The monoisotopic (exact) mass is 401 g/mol. The first-order valence-electron chi connectivity index (χ1n) is 9.02. The van der Waals surface area contributed by atoms with E-state index in [1.54, 1.807) is 6.26 Å². The zero-order chi connectivity index (χ0) is 18.6. The summed E-state index contributed by atoms with van der Waals surface area (Å²) in [6.45, 7) is 2.01. The Morgan fingerprint density at radius 3 is 2.89 bits per heavy atom. The average Bonchev–Trinajstić information content (AvgIpc) is 3.34. The third kappa shape index (κ3) is 4.34. The van der Waals surface area contributed by atoms with Crippen molar-refractivity contribution in [3.05, 3.63) is 52.7 Å². The number of carbonyl (C=O) groups excluding carboxylic acids is 1. The number of carbonyl (C=O) groups is 1. The number of rotatable bonds is 5. The molecule has 140 valence electrons. The number of hydrogen-bond donors (Lipinski definition) is 1. The summed E-state index contributed by atoms with van der Waals surface area (Å²) in [6.07, 6.45) is 5.43. The van der Waals surface area contributed by atoms with Gasteiger partial charge in [0.05, 0.1) is 29.8 Å². The van der Waals surface area contributed by atoms with Crippen molar-refractivity contribution in [3.63, 3.8) is 0 Å². The first-order valence-corrected chi connectivity index (χ1v) is 10.3. The van der Waals surface area contributed by atoms with Crippen molar-refractivity contribution >= 4 is 40.2 Å². The molecule has 5 nitrogen and oxygen atoms in total. The molecule has 0 aliphatic carbocycles. The Balaban J connectivity index is 1.47. The lowest BCUT2D eigenvalue weighted by atomic mass is 10.1. The Bertz CT molecular complexity index is 917. The number of nitrogens with zero attached hydrogens (tertiary/aromatic N) is 2. The molecule has 0 saturated carbocycles. The Kier molecular flexibility index (Phi) is 5.45. The lowest BCUT2D eigenvalue weighted by molar-refractivity contribution is -0.115. The molecule has 0 unspecified atom stereocenters. The first-order chi connectivity index (χ1) is 13.2. The molecule has 0 radical (unpaired) electrons. The second-order valence-corrected chi connectivity index (χ2v) is 7.85. The maximum absolute atomic E-state index is 12.6. The van der Waals surface area contributed by atoms with Gasteiger partial charge in [0.1, 0.15) is 0 Å². The predicted octanol–water partition coefficient (Wildman–Crippen LogP) is 5.23. The molecule has 1 fully saturated rings. The van der Waals surface area contributed by atoms with Gasteiger partial charge in [-0.25, -0.2) is 4.98 Å². The summed E-state index contributed by atoms with van der Waals surface area (Å²) in [7, 11) is 0. The molecule has 1 saturated heterocycles. The van der Waals surface area contributed by atoms with Gasteiger partial charge in [0.2, 0.25) is 5.91 Å². The molecule has 0 spiro atoms. The fourth-order valence-corrected chi connectivity index (χ4v) is 4.24. The minimum absolute atomic E-state index is 0.105. The Morgan fingerprint density at radius 2 is 2.11 bits per heavy atom. The molecule has 1 aliphatic rings. The molecule has 1 amide bonds. The predicted molar refractivity (Wildman–Crippen MR) is 110 cm³/mol. The van der Waals surface area contributed by atoms with E-state index in [0.717, 1.165) is 35.2 Å². The number of anilines is 2. The van der Waals surface area contributed by atoms with Crippen LogP contribution in [0.25, 0.3) is 10.8 Å². The molecule has 1 aromatic carbocycles. The third-order valence-corrected chi connectivity index (χ3v) is 5.70. The molecule has 0 bridgehead atoms. The lowest BCUT2D eigenvalue weighted by Gasteiger charge is -2.30. The highest BCUT2D eigenvalue weighted by molar-refractivity contribution is 7.13. The van der Waals surface area contributed by atoms with Gasteiger partial charge in [0.25, 0.3) is 0 Å². The molecule has 1 aliphatic heterocycles. The van der Waals surface area contributed by atoms with Crippen LogP contribution in [0, 0.1) is 0 Å². The molecular weight excluding hydrogens is 382 g/mol. The van der Waals surface area contributed by atoms with Crippen molar-refractivity contribution in [3.8, 4) is 10.8 Å². The minimum atomic E-state index is -0.105. The normalized spacial score (nSPS) is 14.3. The van der Waals surface area contributed by atoms with E-state index in [2.05, 4.69) is 15.2 Å².